The number of carboxylic acids is 1. The van der Waals surface area contributed by atoms with E-state index in [1.54, 1.807) is 24.3 Å². The van der Waals surface area contributed by atoms with Gasteiger partial charge in [-0.05, 0) is 23.3 Å². The predicted octanol–water partition coefficient (Wildman–Crippen LogP) is 2.23. The first-order valence-electron chi connectivity index (χ1n) is 12.9. The summed E-state index contributed by atoms with van der Waals surface area (Å²) >= 11 is 0. The van der Waals surface area contributed by atoms with Gasteiger partial charge in [-0.3, -0.25) is 14.4 Å². The van der Waals surface area contributed by atoms with Gasteiger partial charge in [0, 0.05) is 6.42 Å². The first kappa shape index (κ1) is 31.1. The summed E-state index contributed by atoms with van der Waals surface area (Å²) in [5.41, 5.74) is 6.83. The second-order valence-corrected chi connectivity index (χ2v) is 9.74. The van der Waals surface area contributed by atoms with E-state index in [1.165, 1.54) is 0 Å². The molecule has 36 heavy (non-hydrogen) atoms. The number of hydrogen-bond acceptors (Lipinski definition) is 5. The molecule has 0 saturated heterocycles. The Morgan fingerprint density at radius 1 is 0.750 bits per heavy atom. The van der Waals surface area contributed by atoms with E-state index in [0.717, 1.165) is 12.0 Å². The van der Waals surface area contributed by atoms with E-state index in [4.69, 9.17) is 5.73 Å². The molecular formula is C27H44N4O5. The van der Waals surface area contributed by atoms with Crippen LogP contribution in [0.15, 0.2) is 30.3 Å². The van der Waals surface area contributed by atoms with Crippen LogP contribution in [-0.2, 0) is 25.6 Å². The molecule has 9 nitrogen and oxygen atoms in total. The van der Waals surface area contributed by atoms with Gasteiger partial charge < -0.3 is 26.8 Å². The third-order valence-corrected chi connectivity index (χ3v) is 7.04. The average molecular weight is 505 g/mol. The lowest BCUT2D eigenvalue weighted by atomic mass is 9.93. The van der Waals surface area contributed by atoms with Crippen molar-refractivity contribution >= 4 is 23.7 Å². The van der Waals surface area contributed by atoms with E-state index in [-0.39, 0.29) is 24.2 Å². The smallest absolute Gasteiger partial charge is 0.326 e. The van der Waals surface area contributed by atoms with Crippen LogP contribution in [0.3, 0.4) is 0 Å². The highest BCUT2D eigenvalue weighted by Gasteiger charge is 2.34. The summed E-state index contributed by atoms with van der Waals surface area (Å²) in [6.07, 6.45) is 2.03. The molecule has 6 N–H and O–H groups in total. The fraction of sp³-hybridized carbons (Fsp3) is 0.630. The zero-order chi connectivity index (χ0) is 27.4. The predicted molar refractivity (Wildman–Crippen MR) is 140 cm³/mol. The first-order chi connectivity index (χ1) is 17.0. The van der Waals surface area contributed by atoms with Crippen LogP contribution >= 0.6 is 0 Å². The minimum atomic E-state index is -1.16. The van der Waals surface area contributed by atoms with Crippen molar-refractivity contribution in [3.63, 3.8) is 0 Å². The van der Waals surface area contributed by atoms with Crippen molar-refractivity contribution in [2.75, 3.05) is 0 Å². The van der Waals surface area contributed by atoms with E-state index >= 15 is 0 Å². The maximum Gasteiger partial charge on any atom is 0.326 e. The Bertz CT molecular complexity index is 863. The summed E-state index contributed by atoms with van der Waals surface area (Å²) in [4.78, 5) is 51.1. The summed E-state index contributed by atoms with van der Waals surface area (Å²) in [6, 6.07) is 5.26. The Morgan fingerprint density at radius 2 is 1.19 bits per heavy atom. The number of amides is 3. The largest absolute Gasteiger partial charge is 0.480 e. The van der Waals surface area contributed by atoms with Gasteiger partial charge in [-0.1, -0.05) is 91.1 Å². The quantitative estimate of drug-likeness (QED) is 0.247. The second-order valence-electron chi connectivity index (χ2n) is 9.74. The van der Waals surface area contributed by atoms with Crippen LogP contribution in [0.1, 0.15) is 66.4 Å². The van der Waals surface area contributed by atoms with Gasteiger partial charge in [-0.25, -0.2) is 4.79 Å². The standard InChI is InChI=1S/C27H44N4O5/c1-7-16(4)21(28)24(32)30-23(18(6)9-3)26(34)31-22(17(5)8-2)25(33)29-20(27(35)36)15-19-13-11-10-12-14-19/h10-14,16-18,20-23H,7-9,15,28H2,1-6H3,(H,29,33)(H,30,32)(H,31,34)(H,35,36)/t16-,17-,18-,20-,21-,22-,23-/m0/s1. The van der Waals surface area contributed by atoms with Gasteiger partial charge in [0.2, 0.25) is 17.7 Å². The van der Waals surface area contributed by atoms with Crippen molar-refractivity contribution in [2.24, 2.45) is 23.5 Å². The number of nitrogens with one attached hydrogen (secondary N) is 3. The Morgan fingerprint density at radius 3 is 1.64 bits per heavy atom. The van der Waals surface area contributed by atoms with E-state index in [2.05, 4.69) is 16.0 Å². The number of carbonyl (C=O) groups is 4. The second kappa shape index (κ2) is 15.2. The highest BCUT2D eigenvalue weighted by Crippen LogP contribution is 2.14. The van der Waals surface area contributed by atoms with Gasteiger partial charge in [0.15, 0.2) is 0 Å². The van der Waals surface area contributed by atoms with Crippen molar-refractivity contribution in [2.45, 2.75) is 91.4 Å². The molecule has 0 unspecified atom stereocenters. The van der Waals surface area contributed by atoms with E-state index in [1.807, 2.05) is 47.6 Å². The number of carbonyl (C=O) groups excluding carboxylic acids is 3. The summed E-state index contributed by atoms with van der Waals surface area (Å²) in [6.45, 7) is 11.3. The molecule has 9 heteroatoms. The monoisotopic (exact) mass is 504 g/mol. The van der Waals surface area contributed by atoms with Gasteiger partial charge in [0.25, 0.3) is 0 Å². The van der Waals surface area contributed by atoms with E-state index in [9.17, 15) is 24.3 Å². The minimum Gasteiger partial charge on any atom is -0.480 e. The van der Waals surface area contributed by atoms with Crippen LogP contribution < -0.4 is 21.7 Å². The van der Waals surface area contributed by atoms with Gasteiger partial charge in [-0.15, -0.1) is 0 Å². The number of nitrogens with two attached hydrogens (primary N) is 1. The molecule has 0 bridgehead atoms. The Labute approximate surface area is 215 Å². The number of rotatable bonds is 15. The zero-order valence-electron chi connectivity index (χ0n) is 22.4. The third-order valence-electron chi connectivity index (χ3n) is 7.04. The van der Waals surface area contributed by atoms with Crippen LogP contribution in [0.25, 0.3) is 0 Å². The molecule has 1 rings (SSSR count). The molecule has 7 atom stereocenters. The van der Waals surface area contributed by atoms with Crippen LogP contribution in [0, 0.1) is 17.8 Å². The SMILES string of the molecule is CC[C@H](C)[C@H](N)C(=O)N[C@H](C(=O)N[C@H](C(=O)N[C@@H](Cc1ccccc1)C(=O)O)[C@@H](C)CC)[C@@H](C)CC. The minimum absolute atomic E-state index is 0.0538. The van der Waals surface area contributed by atoms with Crippen molar-refractivity contribution in [1.29, 1.82) is 0 Å². The molecule has 0 aliphatic carbocycles. The molecule has 202 valence electrons. The Hall–Kier alpha value is -2.94. The topological polar surface area (TPSA) is 151 Å². The molecule has 0 aliphatic heterocycles. The Balaban J connectivity index is 3.06. The highest BCUT2D eigenvalue weighted by molar-refractivity contribution is 5.94. The zero-order valence-corrected chi connectivity index (χ0v) is 22.4. The first-order valence-corrected chi connectivity index (χ1v) is 12.9. The fourth-order valence-corrected chi connectivity index (χ4v) is 3.72. The Kier molecular flexibility index (Phi) is 13.2. The molecular weight excluding hydrogens is 460 g/mol. The molecule has 0 aromatic heterocycles. The van der Waals surface area contributed by atoms with Crippen LogP contribution in [0.5, 0.6) is 0 Å². The normalized spacial score (nSPS) is 17.0. The van der Waals surface area contributed by atoms with Crippen LogP contribution in [0.2, 0.25) is 0 Å². The highest BCUT2D eigenvalue weighted by atomic mass is 16.4. The lowest BCUT2D eigenvalue weighted by Gasteiger charge is -2.30. The number of carboxylic acid groups (broad SMARTS) is 1. The molecule has 3 amide bonds. The van der Waals surface area contributed by atoms with Crippen molar-refractivity contribution in [1.82, 2.24) is 16.0 Å². The van der Waals surface area contributed by atoms with Gasteiger partial charge in [0.1, 0.15) is 18.1 Å². The molecule has 0 spiro atoms. The molecule has 0 heterocycles. The molecule has 0 fully saturated rings. The van der Waals surface area contributed by atoms with E-state index < -0.39 is 47.9 Å². The van der Waals surface area contributed by atoms with Gasteiger partial charge in [-0.2, -0.15) is 0 Å². The van der Waals surface area contributed by atoms with Gasteiger partial charge in [0.05, 0.1) is 6.04 Å². The molecule has 0 radical (unpaired) electrons. The van der Waals surface area contributed by atoms with Crippen LogP contribution in [-0.4, -0.2) is 53.0 Å². The maximum atomic E-state index is 13.3. The lowest BCUT2D eigenvalue weighted by Crippen LogP contribution is -2.60. The van der Waals surface area contributed by atoms with Crippen molar-refractivity contribution < 1.29 is 24.3 Å². The van der Waals surface area contributed by atoms with Crippen molar-refractivity contribution in [3.8, 4) is 0 Å². The third kappa shape index (κ3) is 9.26. The molecule has 0 aliphatic rings. The molecule has 0 saturated carbocycles. The number of benzene rings is 1. The maximum absolute atomic E-state index is 13.3. The van der Waals surface area contributed by atoms with Crippen LogP contribution in [0.4, 0.5) is 0 Å². The number of aliphatic carboxylic acids is 1. The lowest BCUT2D eigenvalue weighted by molar-refractivity contribution is -0.142. The summed E-state index contributed by atoms with van der Waals surface area (Å²) < 4.78 is 0. The summed E-state index contributed by atoms with van der Waals surface area (Å²) in [5.74, 6) is -3.18. The molecule has 1 aromatic rings. The van der Waals surface area contributed by atoms with Crippen molar-refractivity contribution in [3.05, 3.63) is 35.9 Å². The average Bonchev–Trinajstić information content (AvgIpc) is 2.88. The number of hydrogen-bond donors (Lipinski definition) is 5. The van der Waals surface area contributed by atoms with E-state index in [0.29, 0.717) is 12.8 Å². The molecule has 1 aromatic carbocycles. The summed E-state index contributed by atoms with van der Waals surface area (Å²) in [5, 5.41) is 17.8. The summed E-state index contributed by atoms with van der Waals surface area (Å²) in [7, 11) is 0. The van der Waals surface area contributed by atoms with Gasteiger partial charge >= 0.3 is 5.97 Å². The fourth-order valence-electron chi connectivity index (χ4n) is 3.72.